The first-order valence-corrected chi connectivity index (χ1v) is 5.15. The summed E-state index contributed by atoms with van der Waals surface area (Å²) in [6, 6.07) is 7.41. The molecule has 0 aliphatic rings. The number of methoxy groups -OCH3 is 1. The van der Waals surface area contributed by atoms with Crippen LogP contribution in [0.3, 0.4) is 0 Å². The lowest BCUT2D eigenvalue weighted by atomic mass is 10.2. The summed E-state index contributed by atoms with van der Waals surface area (Å²) >= 11 is 0. The molecule has 0 aliphatic carbocycles. The molecule has 1 unspecified atom stereocenters. The van der Waals surface area contributed by atoms with Crippen molar-refractivity contribution in [1.29, 1.82) is 0 Å². The fraction of sp³-hybridized carbons (Fsp3) is 0.500. The van der Waals surface area contributed by atoms with E-state index in [2.05, 4.69) is 6.92 Å². The predicted octanol–water partition coefficient (Wildman–Crippen LogP) is 1.98. The van der Waals surface area contributed by atoms with Crippen molar-refractivity contribution in [2.75, 3.05) is 13.7 Å². The molecule has 0 aliphatic heterocycles. The second-order valence-electron chi connectivity index (χ2n) is 3.38. The molecule has 0 aromatic heterocycles. The van der Waals surface area contributed by atoms with E-state index >= 15 is 0 Å². The van der Waals surface area contributed by atoms with E-state index in [1.54, 1.807) is 7.11 Å². The minimum atomic E-state index is 0.0654. The van der Waals surface area contributed by atoms with E-state index in [4.69, 9.17) is 14.6 Å². The zero-order valence-electron chi connectivity index (χ0n) is 9.27. The first kappa shape index (κ1) is 12.0. The van der Waals surface area contributed by atoms with E-state index in [1.807, 2.05) is 24.3 Å². The normalized spacial score (nSPS) is 12.5. The molecular weight excluding hydrogens is 192 g/mol. The van der Waals surface area contributed by atoms with Crippen molar-refractivity contribution in [3.05, 3.63) is 29.8 Å². The summed E-state index contributed by atoms with van der Waals surface area (Å²) in [7, 11) is 1.69. The van der Waals surface area contributed by atoms with E-state index in [0.717, 1.165) is 17.7 Å². The molecule has 3 heteroatoms. The summed E-state index contributed by atoms with van der Waals surface area (Å²) in [6.07, 6.45) is 1.08. The highest BCUT2D eigenvalue weighted by molar-refractivity contribution is 5.26. The molecule has 0 amide bonds. The second-order valence-corrected chi connectivity index (χ2v) is 3.38. The van der Waals surface area contributed by atoms with Gasteiger partial charge in [0.25, 0.3) is 0 Å². The molecule has 0 heterocycles. The van der Waals surface area contributed by atoms with Crippen LogP contribution in [0, 0.1) is 0 Å². The van der Waals surface area contributed by atoms with Gasteiger partial charge in [-0.1, -0.05) is 19.1 Å². The molecule has 3 nitrogen and oxygen atoms in total. The van der Waals surface area contributed by atoms with Crippen molar-refractivity contribution in [1.82, 2.24) is 0 Å². The maximum absolute atomic E-state index is 8.86. The standard InChI is InChI=1S/C12H18O3/c1-3-11(14-2)9-15-12-6-4-10(8-13)5-7-12/h4-7,11,13H,3,8-9H2,1-2H3. The predicted molar refractivity (Wildman–Crippen MR) is 58.9 cm³/mol. The molecule has 0 saturated heterocycles. The van der Waals surface area contributed by atoms with Gasteiger partial charge in [0.05, 0.1) is 12.7 Å². The number of aliphatic hydroxyl groups excluding tert-OH is 1. The molecule has 15 heavy (non-hydrogen) atoms. The van der Waals surface area contributed by atoms with E-state index in [0.29, 0.717) is 6.61 Å². The Balaban J connectivity index is 2.43. The minimum absolute atomic E-state index is 0.0654. The first-order chi connectivity index (χ1) is 7.30. The first-order valence-electron chi connectivity index (χ1n) is 5.15. The van der Waals surface area contributed by atoms with Gasteiger partial charge in [0.15, 0.2) is 0 Å². The number of aliphatic hydroxyl groups is 1. The summed E-state index contributed by atoms with van der Waals surface area (Å²) in [5.74, 6) is 0.808. The summed E-state index contributed by atoms with van der Waals surface area (Å²) in [5, 5.41) is 8.86. The van der Waals surface area contributed by atoms with E-state index < -0.39 is 0 Å². The SMILES string of the molecule is CCC(COc1ccc(CO)cc1)OC. The Labute approximate surface area is 90.6 Å². The van der Waals surface area contributed by atoms with Crippen LogP contribution >= 0.6 is 0 Å². The van der Waals surface area contributed by atoms with Gasteiger partial charge in [0.2, 0.25) is 0 Å². The molecule has 0 bridgehead atoms. The van der Waals surface area contributed by atoms with Crippen molar-refractivity contribution in [2.24, 2.45) is 0 Å². The Hall–Kier alpha value is -1.06. The van der Waals surface area contributed by atoms with Gasteiger partial charge in [-0.25, -0.2) is 0 Å². The highest BCUT2D eigenvalue weighted by Gasteiger charge is 2.04. The third-order valence-electron chi connectivity index (χ3n) is 2.33. The maximum atomic E-state index is 8.86. The van der Waals surface area contributed by atoms with Gasteiger partial charge in [-0.2, -0.15) is 0 Å². The van der Waals surface area contributed by atoms with E-state index in [1.165, 1.54) is 0 Å². The van der Waals surface area contributed by atoms with Crippen LogP contribution in [-0.2, 0) is 11.3 Å². The summed E-state index contributed by atoms with van der Waals surface area (Å²) in [6.45, 7) is 2.69. The van der Waals surface area contributed by atoms with Crippen LogP contribution < -0.4 is 4.74 Å². The summed E-state index contributed by atoms with van der Waals surface area (Å²) in [4.78, 5) is 0. The van der Waals surface area contributed by atoms with Crippen LogP contribution in [0.1, 0.15) is 18.9 Å². The van der Waals surface area contributed by atoms with Crippen molar-refractivity contribution in [3.63, 3.8) is 0 Å². The van der Waals surface area contributed by atoms with E-state index in [-0.39, 0.29) is 12.7 Å². The Morgan fingerprint density at radius 1 is 1.27 bits per heavy atom. The van der Waals surface area contributed by atoms with Crippen molar-refractivity contribution in [2.45, 2.75) is 26.1 Å². The second kappa shape index (κ2) is 6.43. The van der Waals surface area contributed by atoms with Gasteiger partial charge in [0.1, 0.15) is 12.4 Å². The third-order valence-corrected chi connectivity index (χ3v) is 2.33. The van der Waals surface area contributed by atoms with Crippen LogP contribution in [0.5, 0.6) is 5.75 Å². The Kier molecular flexibility index (Phi) is 5.15. The van der Waals surface area contributed by atoms with E-state index in [9.17, 15) is 0 Å². The van der Waals surface area contributed by atoms with Crippen LogP contribution in [0.2, 0.25) is 0 Å². The van der Waals surface area contributed by atoms with Gasteiger partial charge in [-0.3, -0.25) is 0 Å². The molecule has 1 rings (SSSR count). The van der Waals surface area contributed by atoms with Gasteiger partial charge in [-0.15, -0.1) is 0 Å². The lowest BCUT2D eigenvalue weighted by Gasteiger charge is -2.14. The molecule has 0 radical (unpaired) electrons. The topological polar surface area (TPSA) is 38.7 Å². The monoisotopic (exact) mass is 210 g/mol. The zero-order valence-corrected chi connectivity index (χ0v) is 9.27. The fourth-order valence-corrected chi connectivity index (χ4v) is 1.23. The van der Waals surface area contributed by atoms with Gasteiger partial charge in [0, 0.05) is 7.11 Å². The Morgan fingerprint density at radius 3 is 2.40 bits per heavy atom. The van der Waals surface area contributed by atoms with Crippen LogP contribution in [0.4, 0.5) is 0 Å². The van der Waals surface area contributed by atoms with Crippen molar-refractivity contribution in [3.8, 4) is 5.75 Å². The molecule has 84 valence electrons. The average Bonchev–Trinajstić information content (AvgIpc) is 2.31. The highest BCUT2D eigenvalue weighted by atomic mass is 16.5. The van der Waals surface area contributed by atoms with Gasteiger partial charge in [-0.05, 0) is 24.1 Å². The van der Waals surface area contributed by atoms with Crippen LogP contribution in [0.15, 0.2) is 24.3 Å². The molecule has 0 saturated carbocycles. The molecule has 1 N–H and O–H groups in total. The molecule has 0 fully saturated rings. The minimum Gasteiger partial charge on any atom is -0.491 e. The van der Waals surface area contributed by atoms with Gasteiger partial charge >= 0.3 is 0 Å². The van der Waals surface area contributed by atoms with Crippen molar-refractivity contribution < 1.29 is 14.6 Å². The quantitative estimate of drug-likeness (QED) is 0.780. The number of benzene rings is 1. The number of hydrogen-bond acceptors (Lipinski definition) is 3. The highest BCUT2D eigenvalue weighted by Crippen LogP contribution is 2.13. The zero-order chi connectivity index (χ0) is 11.1. The maximum Gasteiger partial charge on any atom is 0.119 e. The smallest absolute Gasteiger partial charge is 0.119 e. The lowest BCUT2D eigenvalue weighted by Crippen LogP contribution is -2.18. The number of rotatable bonds is 6. The molecule has 1 atom stereocenters. The van der Waals surface area contributed by atoms with Crippen molar-refractivity contribution >= 4 is 0 Å². The fourth-order valence-electron chi connectivity index (χ4n) is 1.23. The molecular formula is C12H18O3. The van der Waals surface area contributed by atoms with Crippen LogP contribution in [-0.4, -0.2) is 24.9 Å². The average molecular weight is 210 g/mol. The summed E-state index contributed by atoms with van der Waals surface area (Å²) in [5.41, 5.74) is 0.890. The molecule has 1 aromatic carbocycles. The molecule has 1 aromatic rings. The largest absolute Gasteiger partial charge is 0.491 e. The number of ether oxygens (including phenoxy) is 2. The van der Waals surface area contributed by atoms with Gasteiger partial charge < -0.3 is 14.6 Å². The molecule has 0 spiro atoms. The lowest BCUT2D eigenvalue weighted by molar-refractivity contribution is 0.0556. The number of hydrogen-bond donors (Lipinski definition) is 1. The summed E-state index contributed by atoms with van der Waals surface area (Å²) < 4.78 is 10.7. The Bertz CT molecular complexity index is 265. The third kappa shape index (κ3) is 3.90. The van der Waals surface area contributed by atoms with Crippen LogP contribution in [0.25, 0.3) is 0 Å². The Morgan fingerprint density at radius 2 is 1.93 bits per heavy atom.